The van der Waals surface area contributed by atoms with Crippen molar-refractivity contribution >= 4 is 24.4 Å². The third kappa shape index (κ3) is 3.93. The van der Waals surface area contributed by atoms with Crippen molar-refractivity contribution in [3.8, 4) is 23.6 Å². The van der Waals surface area contributed by atoms with E-state index in [1.807, 2.05) is 6.07 Å². The van der Waals surface area contributed by atoms with Crippen molar-refractivity contribution in [1.82, 2.24) is 4.48 Å². The van der Waals surface area contributed by atoms with Gasteiger partial charge in [0.25, 0.3) is 0 Å². The highest BCUT2D eigenvalue weighted by Crippen LogP contribution is 2.45. The molecule has 1 aromatic carbocycles. The quantitative estimate of drug-likeness (QED) is 0.334. The lowest BCUT2D eigenvalue weighted by molar-refractivity contribution is -0.385. The number of ether oxygens (including phenoxy) is 2. The Hall–Kier alpha value is -4.45. The van der Waals surface area contributed by atoms with Gasteiger partial charge in [-0.15, -0.1) is 0 Å². The number of hydrogen-bond acceptors (Lipinski definition) is 7. The normalized spacial score (nSPS) is 14.3. The molecule has 0 N–H and O–H groups in total. The van der Waals surface area contributed by atoms with Gasteiger partial charge >= 0.3 is 13.1 Å². The van der Waals surface area contributed by atoms with Crippen LogP contribution in [0.3, 0.4) is 0 Å². The molecule has 0 saturated heterocycles. The number of halogens is 2. The third-order valence-electron chi connectivity index (χ3n) is 5.93. The molecule has 0 aliphatic carbocycles. The number of methoxy groups -OCH3 is 2. The topological polar surface area (TPSA) is 126 Å². The van der Waals surface area contributed by atoms with Crippen molar-refractivity contribution in [3.05, 3.63) is 67.2 Å². The number of allylic oxidation sites excluding steroid dienone is 2. The number of rotatable bonds is 6. The van der Waals surface area contributed by atoms with Gasteiger partial charge in [0.05, 0.1) is 41.7 Å². The molecule has 178 valence electrons. The Labute approximate surface area is 200 Å². The Morgan fingerprint density at radius 1 is 1.11 bits per heavy atom. The summed E-state index contributed by atoms with van der Waals surface area (Å²) in [7, 11) is -0.456. The van der Waals surface area contributed by atoms with Crippen LogP contribution < -0.4 is 9.47 Å². The fourth-order valence-electron chi connectivity index (χ4n) is 4.27. The van der Waals surface area contributed by atoms with E-state index in [1.54, 1.807) is 13.8 Å². The van der Waals surface area contributed by atoms with Crippen LogP contribution in [0.1, 0.15) is 41.9 Å². The van der Waals surface area contributed by atoms with Gasteiger partial charge in [0.15, 0.2) is 0 Å². The molecule has 1 aliphatic heterocycles. The number of nitro groups is 1. The minimum atomic E-state index is -3.04. The molecular formula is C23H20BF2N5O4. The van der Waals surface area contributed by atoms with Crippen LogP contribution >= 0.6 is 0 Å². The van der Waals surface area contributed by atoms with Crippen LogP contribution in [0.2, 0.25) is 0 Å². The standard InChI is InChI=1S/C23H20BF2N5O4/c1-11-16(9-27)13(3)29-22(11)21(23-12(2)17(10-28)14(4)30(23)24(25)26)15-7-18(31(32)33)20(35-6)8-19(15)34-5/h7-8H,1-6H3/b22-21-. The third-order valence-corrected chi connectivity index (χ3v) is 5.93. The van der Waals surface area contributed by atoms with Crippen LogP contribution in [0.15, 0.2) is 34.0 Å². The lowest BCUT2D eigenvalue weighted by Gasteiger charge is -2.19. The molecule has 0 unspecified atom stereocenters. The fraction of sp³-hybridized carbons (Fsp3) is 0.261. The summed E-state index contributed by atoms with van der Waals surface area (Å²) >= 11 is 0. The minimum Gasteiger partial charge on any atom is -0.496 e. The zero-order valence-electron chi connectivity index (χ0n) is 19.9. The second kappa shape index (κ2) is 9.43. The first-order valence-electron chi connectivity index (χ1n) is 10.3. The number of nitro benzene ring substituents is 1. The molecule has 0 atom stereocenters. The largest absolute Gasteiger partial charge is 0.677 e. The molecule has 1 aromatic heterocycles. The Morgan fingerprint density at radius 3 is 2.20 bits per heavy atom. The summed E-state index contributed by atoms with van der Waals surface area (Å²) in [5.74, 6) is 0.00415. The molecule has 3 rings (SSSR count). The maximum Gasteiger partial charge on any atom is 0.677 e. The van der Waals surface area contributed by atoms with E-state index in [1.165, 1.54) is 34.1 Å². The molecule has 0 saturated carbocycles. The molecule has 0 spiro atoms. The average molecular weight is 479 g/mol. The number of nitriles is 2. The molecule has 9 nitrogen and oxygen atoms in total. The summed E-state index contributed by atoms with van der Waals surface area (Å²) in [5, 5.41) is 31.1. The summed E-state index contributed by atoms with van der Waals surface area (Å²) in [6.45, 7) is 6.12. The monoisotopic (exact) mass is 479 g/mol. The van der Waals surface area contributed by atoms with Gasteiger partial charge in [0.2, 0.25) is 5.75 Å². The van der Waals surface area contributed by atoms with Crippen molar-refractivity contribution in [2.24, 2.45) is 4.99 Å². The van der Waals surface area contributed by atoms with Crippen LogP contribution in [0.4, 0.5) is 14.3 Å². The van der Waals surface area contributed by atoms with Gasteiger partial charge in [-0.3, -0.25) is 23.7 Å². The zero-order chi connectivity index (χ0) is 26.2. The highest BCUT2D eigenvalue weighted by molar-refractivity contribution is 6.41. The van der Waals surface area contributed by atoms with E-state index in [0.29, 0.717) is 15.8 Å². The lowest BCUT2D eigenvalue weighted by atomic mass is 9.92. The van der Waals surface area contributed by atoms with Crippen LogP contribution in [0.25, 0.3) is 5.57 Å². The average Bonchev–Trinajstić information content (AvgIpc) is 3.24. The van der Waals surface area contributed by atoms with Gasteiger partial charge in [-0.1, -0.05) is 0 Å². The number of nitrogens with zero attached hydrogens (tertiary/aromatic N) is 5. The molecule has 35 heavy (non-hydrogen) atoms. The van der Waals surface area contributed by atoms with Crippen molar-refractivity contribution in [1.29, 1.82) is 10.5 Å². The van der Waals surface area contributed by atoms with E-state index in [9.17, 15) is 29.3 Å². The Balaban J connectivity index is 2.64. The second-order valence-electron chi connectivity index (χ2n) is 7.71. The molecule has 1 aliphatic rings. The molecular weight excluding hydrogens is 459 g/mol. The van der Waals surface area contributed by atoms with Gasteiger partial charge in [0.1, 0.15) is 17.9 Å². The number of hydrogen-bond donors (Lipinski definition) is 0. The van der Waals surface area contributed by atoms with Gasteiger partial charge in [-0.05, 0) is 38.8 Å². The first kappa shape index (κ1) is 25.2. The van der Waals surface area contributed by atoms with Crippen molar-refractivity contribution in [2.45, 2.75) is 27.7 Å². The molecule has 12 heteroatoms. The van der Waals surface area contributed by atoms with Crippen molar-refractivity contribution in [2.75, 3.05) is 14.2 Å². The van der Waals surface area contributed by atoms with Crippen LogP contribution in [-0.4, -0.2) is 36.7 Å². The van der Waals surface area contributed by atoms with Gasteiger partial charge < -0.3 is 14.0 Å². The van der Waals surface area contributed by atoms with Gasteiger partial charge in [-0.2, -0.15) is 10.5 Å². The van der Waals surface area contributed by atoms with E-state index >= 15 is 0 Å². The summed E-state index contributed by atoms with van der Waals surface area (Å²) in [6, 6.07) is 6.45. The van der Waals surface area contributed by atoms with Crippen LogP contribution in [0, 0.1) is 46.6 Å². The second-order valence-corrected chi connectivity index (χ2v) is 7.71. The SMILES string of the molecule is COc1cc(OC)c([N+](=O)[O-])cc1/C(=C1/N=C(C)C(C#N)=C1C)c1c(C)c(C#N)c(C)n1B(F)F. The Bertz CT molecular complexity index is 1440. The zero-order valence-corrected chi connectivity index (χ0v) is 19.9. The molecule has 0 amide bonds. The summed E-state index contributed by atoms with van der Waals surface area (Å²) in [5.41, 5.74) is 1.16. The maximum absolute atomic E-state index is 14.4. The van der Waals surface area contributed by atoms with E-state index in [0.717, 1.165) is 6.07 Å². The van der Waals surface area contributed by atoms with Crippen LogP contribution in [0.5, 0.6) is 11.5 Å². The molecule has 0 bridgehead atoms. The highest BCUT2D eigenvalue weighted by Gasteiger charge is 2.35. The molecule has 0 radical (unpaired) electrons. The smallest absolute Gasteiger partial charge is 0.496 e. The Morgan fingerprint density at radius 2 is 1.74 bits per heavy atom. The predicted molar refractivity (Wildman–Crippen MR) is 126 cm³/mol. The fourth-order valence-corrected chi connectivity index (χ4v) is 4.27. The highest BCUT2D eigenvalue weighted by atomic mass is 19.2. The number of aromatic nitrogens is 1. The summed E-state index contributed by atoms with van der Waals surface area (Å²) in [6.07, 6.45) is 0. The molecule has 2 aromatic rings. The first-order valence-corrected chi connectivity index (χ1v) is 10.3. The molecule has 2 heterocycles. The van der Waals surface area contributed by atoms with Gasteiger partial charge in [-0.25, -0.2) is 0 Å². The number of benzene rings is 1. The molecule has 0 fully saturated rings. The minimum absolute atomic E-state index is 0.0240. The lowest BCUT2D eigenvalue weighted by Crippen LogP contribution is -2.19. The Kier molecular flexibility index (Phi) is 6.78. The van der Waals surface area contributed by atoms with Crippen molar-refractivity contribution < 1.29 is 23.0 Å². The maximum atomic E-state index is 14.4. The van der Waals surface area contributed by atoms with Crippen molar-refractivity contribution in [3.63, 3.8) is 0 Å². The van der Waals surface area contributed by atoms with E-state index in [-0.39, 0.29) is 56.4 Å². The predicted octanol–water partition coefficient (Wildman–Crippen LogP) is 4.75. The summed E-state index contributed by atoms with van der Waals surface area (Å²) in [4.78, 5) is 15.6. The van der Waals surface area contributed by atoms with E-state index in [2.05, 4.69) is 11.1 Å². The number of aliphatic imine (C=N–C) groups is 1. The van der Waals surface area contributed by atoms with E-state index in [4.69, 9.17) is 9.47 Å². The van der Waals surface area contributed by atoms with E-state index < -0.39 is 18.0 Å². The van der Waals surface area contributed by atoms with Crippen LogP contribution in [-0.2, 0) is 0 Å². The first-order chi connectivity index (χ1) is 16.5. The van der Waals surface area contributed by atoms with Gasteiger partial charge in [0, 0.05) is 34.7 Å². The summed E-state index contributed by atoms with van der Waals surface area (Å²) < 4.78 is 40.0.